The minimum atomic E-state index is -0.386. The Balaban J connectivity index is 0.00000338. The van der Waals surface area contributed by atoms with Gasteiger partial charge in [-0.05, 0) is 23.3 Å². The van der Waals surface area contributed by atoms with E-state index in [1.807, 2.05) is 42.5 Å². The molecule has 3 N–H and O–H groups in total. The van der Waals surface area contributed by atoms with Gasteiger partial charge < -0.3 is 25.3 Å². The minimum Gasteiger partial charge on any atom is -0.493 e. The number of nitrogens with two attached hydrogens (primary N) is 1. The second-order valence-corrected chi connectivity index (χ2v) is 5.45. The Hall–Kier alpha value is -2.44. The molecule has 0 fully saturated rings. The number of carbonyl (C=O) groups excluding carboxylic acids is 1. The van der Waals surface area contributed by atoms with Crippen LogP contribution in [-0.2, 0) is 11.3 Å². The molecule has 0 aliphatic heterocycles. The number of hydrogen-bond acceptors (Lipinski definition) is 5. The normalized spacial score (nSPS) is 11.1. The molecule has 0 heterocycles. The first-order valence-electron chi connectivity index (χ1n) is 7.96. The van der Waals surface area contributed by atoms with Gasteiger partial charge in [0.15, 0.2) is 11.5 Å². The van der Waals surface area contributed by atoms with Crippen LogP contribution in [0.15, 0.2) is 42.5 Å². The van der Waals surface area contributed by atoms with Crippen LogP contribution >= 0.6 is 12.4 Å². The SMILES string of the molecule is COc1cc(CNC(=O)C(CN)c2ccccc2)cc(OC)c1OC.Cl. The lowest BCUT2D eigenvalue weighted by Gasteiger charge is -2.17. The third kappa shape index (κ3) is 5.03. The highest BCUT2D eigenvalue weighted by atomic mass is 35.5. The predicted molar refractivity (Wildman–Crippen MR) is 103 cm³/mol. The van der Waals surface area contributed by atoms with Gasteiger partial charge in [0.1, 0.15) is 0 Å². The van der Waals surface area contributed by atoms with E-state index < -0.39 is 0 Å². The highest BCUT2D eigenvalue weighted by Gasteiger charge is 2.19. The van der Waals surface area contributed by atoms with E-state index in [9.17, 15) is 4.79 Å². The smallest absolute Gasteiger partial charge is 0.229 e. The van der Waals surface area contributed by atoms with E-state index in [2.05, 4.69) is 5.32 Å². The molecular weight excluding hydrogens is 356 g/mol. The maximum absolute atomic E-state index is 12.5. The predicted octanol–water partition coefficient (Wildman–Crippen LogP) is 2.49. The van der Waals surface area contributed by atoms with Crippen molar-refractivity contribution in [1.29, 1.82) is 0 Å². The van der Waals surface area contributed by atoms with Crippen LogP contribution < -0.4 is 25.3 Å². The second kappa shape index (κ2) is 10.5. The lowest BCUT2D eigenvalue weighted by Crippen LogP contribution is -2.33. The van der Waals surface area contributed by atoms with Crippen LogP contribution in [0.1, 0.15) is 17.0 Å². The molecule has 0 aliphatic carbocycles. The van der Waals surface area contributed by atoms with Gasteiger partial charge in [-0.3, -0.25) is 4.79 Å². The summed E-state index contributed by atoms with van der Waals surface area (Å²) in [6.07, 6.45) is 0. The van der Waals surface area contributed by atoms with Crippen molar-refractivity contribution in [2.45, 2.75) is 12.5 Å². The summed E-state index contributed by atoms with van der Waals surface area (Å²) in [5, 5.41) is 2.92. The molecule has 0 aromatic heterocycles. The summed E-state index contributed by atoms with van der Waals surface area (Å²) < 4.78 is 16.0. The molecule has 2 rings (SSSR count). The zero-order valence-corrected chi connectivity index (χ0v) is 16.0. The van der Waals surface area contributed by atoms with E-state index >= 15 is 0 Å². The summed E-state index contributed by atoms with van der Waals surface area (Å²) in [5.74, 6) is 1.10. The van der Waals surface area contributed by atoms with Gasteiger partial charge >= 0.3 is 0 Å². The number of halogens is 1. The van der Waals surface area contributed by atoms with E-state index in [1.165, 1.54) is 0 Å². The first kappa shape index (κ1) is 21.6. The van der Waals surface area contributed by atoms with E-state index in [4.69, 9.17) is 19.9 Å². The summed E-state index contributed by atoms with van der Waals surface area (Å²) in [7, 11) is 4.66. The third-order valence-corrected chi connectivity index (χ3v) is 3.95. The summed E-state index contributed by atoms with van der Waals surface area (Å²) in [4.78, 5) is 12.5. The van der Waals surface area contributed by atoms with Gasteiger partial charge in [0, 0.05) is 13.1 Å². The van der Waals surface area contributed by atoms with Gasteiger partial charge in [-0.25, -0.2) is 0 Å². The molecule has 1 amide bonds. The molecule has 0 bridgehead atoms. The average Bonchev–Trinajstić information content (AvgIpc) is 2.66. The Bertz CT molecular complexity index is 685. The highest BCUT2D eigenvalue weighted by molar-refractivity contribution is 5.85. The van der Waals surface area contributed by atoms with Crippen LogP contribution in [-0.4, -0.2) is 33.8 Å². The quantitative estimate of drug-likeness (QED) is 0.735. The molecule has 142 valence electrons. The zero-order valence-electron chi connectivity index (χ0n) is 15.2. The lowest BCUT2D eigenvalue weighted by atomic mass is 9.98. The summed E-state index contributed by atoms with van der Waals surface area (Å²) in [6.45, 7) is 0.573. The second-order valence-electron chi connectivity index (χ2n) is 5.45. The van der Waals surface area contributed by atoms with Gasteiger partial charge in [0.05, 0.1) is 27.2 Å². The largest absolute Gasteiger partial charge is 0.493 e. The number of hydrogen-bond donors (Lipinski definition) is 2. The number of rotatable bonds is 8. The maximum Gasteiger partial charge on any atom is 0.229 e. The van der Waals surface area contributed by atoms with Crippen molar-refractivity contribution >= 4 is 18.3 Å². The van der Waals surface area contributed by atoms with Gasteiger partial charge in [0.2, 0.25) is 11.7 Å². The summed E-state index contributed by atoms with van der Waals surface area (Å²) >= 11 is 0. The maximum atomic E-state index is 12.5. The van der Waals surface area contributed by atoms with Crippen molar-refractivity contribution in [3.63, 3.8) is 0 Å². The van der Waals surface area contributed by atoms with Crippen molar-refractivity contribution in [2.24, 2.45) is 5.73 Å². The molecule has 0 aliphatic rings. The molecule has 26 heavy (non-hydrogen) atoms. The molecule has 0 saturated heterocycles. The molecule has 6 nitrogen and oxygen atoms in total. The Morgan fingerprint density at radius 1 is 1.04 bits per heavy atom. The van der Waals surface area contributed by atoms with E-state index in [-0.39, 0.29) is 30.8 Å². The standard InChI is InChI=1S/C19H24N2O4.ClH/c1-23-16-9-13(10-17(24-2)18(16)25-3)12-21-19(22)15(11-20)14-7-5-4-6-8-14;/h4-10,15H,11-12,20H2,1-3H3,(H,21,22);1H. The molecule has 0 radical (unpaired) electrons. The molecule has 0 spiro atoms. The van der Waals surface area contributed by atoms with Crippen LogP contribution in [0.3, 0.4) is 0 Å². The van der Waals surface area contributed by atoms with E-state index in [0.29, 0.717) is 23.8 Å². The van der Waals surface area contributed by atoms with Crippen LogP contribution in [0.25, 0.3) is 0 Å². The number of methoxy groups -OCH3 is 3. The van der Waals surface area contributed by atoms with Crippen molar-refractivity contribution in [3.05, 3.63) is 53.6 Å². The molecular formula is C19H25ClN2O4. The van der Waals surface area contributed by atoms with Crippen LogP contribution in [0.4, 0.5) is 0 Å². The lowest BCUT2D eigenvalue weighted by molar-refractivity contribution is -0.122. The average molecular weight is 381 g/mol. The third-order valence-electron chi connectivity index (χ3n) is 3.95. The number of benzene rings is 2. The van der Waals surface area contributed by atoms with Gasteiger partial charge in [-0.2, -0.15) is 0 Å². The van der Waals surface area contributed by atoms with Gasteiger partial charge in [0.25, 0.3) is 0 Å². The molecule has 2 aromatic rings. The fraction of sp³-hybridized carbons (Fsp3) is 0.316. The number of carbonyl (C=O) groups is 1. The molecule has 2 aromatic carbocycles. The van der Waals surface area contributed by atoms with Crippen molar-refractivity contribution in [3.8, 4) is 17.2 Å². The van der Waals surface area contributed by atoms with Crippen LogP contribution in [0.5, 0.6) is 17.2 Å². The number of ether oxygens (including phenoxy) is 3. The van der Waals surface area contributed by atoms with Gasteiger partial charge in [-0.1, -0.05) is 30.3 Å². The zero-order chi connectivity index (χ0) is 18.2. The minimum absolute atomic E-state index is 0. The first-order valence-corrected chi connectivity index (χ1v) is 7.96. The fourth-order valence-electron chi connectivity index (χ4n) is 2.63. The Kier molecular flexibility index (Phi) is 8.75. The van der Waals surface area contributed by atoms with Crippen molar-refractivity contribution in [2.75, 3.05) is 27.9 Å². The highest BCUT2D eigenvalue weighted by Crippen LogP contribution is 2.38. The molecule has 7 heteroatoms. The van der Waals surface area contributed by atoms with Crippen molar-refractivity contribution < 1.29 is 19.0 Å². The molecule has 1 unspecified atom stereocenters. The Labute approximate surface area is 160 Å². The molecule has 0 saturated carbocycles. The number of nitrogens with one attached hydrogen (secondary N) is 1. The fourth-order valence-corrected chi connectivity index (χ4v) is 2.63. The topological polar surface area (TPSA) is 82.8 Å². The van der Waals surface area contributed by atoms with Crippen LogP contribution in [0, 0.1) is 0 Å². The first-order chi connectivity index (χ1) is 12.1. The Morgan fingerprint density at radius 2 is 1.62 bits per heavy atom. The number of amides is 1. The molecule has 1 atom stereocenters. The Morgan fingerprint density at radius 3 is 2.08 bits per heavy atom. The monoisotopic (exact) mass is 380 g/mol. The summed E-state index contributed by atoms with van der Waals surface area (Å²) in [5.41, 5.74) is 7.52. The summed E-state index contributed by atoms with van der Waals surface area (Å²) in [6, 6.07) is 13.1. The van der Waals surface area contributed by atoms with Crippen molar-refractivity contribution in [1.82, 2.24) is 5.32 Å². The van der Waals surface area contributed by atoms with Crippen LogP contribution in [0.2, 0.25) is 0 Å². The van der Waals surface area contributed by atoms with E-state index in [0.717, 1.165) is 11.1 Å². The van der Waals surface area contributed by atoms with Gasteiger partial charge in [-0.15, -0.1) is 12.4 Å². The van der Waals surface area contributed by atoms with E-state index in [1.54, 1.807) is 21.3 Å².